The Labute approximate surface area is 184 Å². The molecule has 6 rings (SSSR count). The monoisotopic (exact) mass is 404 g/mol. The number of nitrogens with zero attached hydrogens (tertiary/aromatic N) is 2. The van der Waals surface area contributed by atoms with Crippen LogP contribution in [0.5, 0.6) is 0 Å². The lowest BCUT2D eigenvalue weighted by molar-refractivity contribution is 0.870. The lowest BCUT2D eigenvalue weighted by Gasteiger charge is -2.11. The molecule has 0 atom stereocenters. The van der Waals surface area contributed by atoms with Crippen LogP contribution in [0, 0.1) is 11.8 Å². The molecule has 0 N–H and O–H groups in total. The van der Waals surface area contributed by atoms with Crippen LogP contribution in [0.25, 0.3) is 27.5 Å². The molecule has 0 unspecified atom stereocenters. The van der Waals surface area contributed by atoms with E-state index in [1.807, 2.05) is 0 Å². The Kier molecular flexibility index (Phi) is 4.08. The molecule has 3 aromatic carbocycles. The topological polar surface area (TPSA) is 24.7 Å². The Morgan fingerprint density at radius 2 is 1.45 bits per heavy atom. The lowest BCUT2D eigenvalue weighted by Crippen LogP contribution is -2.06. The van der Waals surface area contributed by atoms with E-state index in [1.54, 1.807) is 0 Å². The van der Waals surface area contributed by atoms with Crippen LogP contribution in [0.4, 0.5) is 5.69 Å². The summed E-state index contributed by atoms with van der Waals surface area (Å²) < 4.78 is 0. The molecule has 1 aliphatic carbocycles. The molecule has 2 heteroatoms. The molecule has 0 fully saturated rings. The van der Waals surface area contributed by atoms with Crippen molar-refractivity contribution in [1.29, 1.82) is 0 Å². The van der Waals surface area contributed by atoms with Crippen molar-refractivity contribution in [2.24, 2.45) is 21.8 Å². The molecule has 31 heavy (non-hydrogen) atoms. The predicted octanol–water partition coefficient (Wildman–Crippen LogP) is 7.56. The van der Waals surface area contributed by atoms with Crippen LogP contribution in [-0.2, 0) is 12.8 Å². The van der Waals surface area contributed by atoms with E-state index >= 15 is 0 Å². The van der Waals surface area contributed by atoms with Crippen molar-refractivity contribution in [3.05, 3.63) is 70.9 Å². The summed E-state index contributed by atoms with van der Waals surface area (Å²) in [6.45, 7) is 8.96. The molecule has 0 radical (unpaired) electrons. The fourth-order valence-electron chi connectivity index (χ4n) is 5.25. The minimum Gasteiger partial charge on any atom is -0.261 e. The molecular formula is C29H28N2. The van der Waals surface area contributed by atoms with Crippen LogP contribution in [0.1, 0.15) is 50.8 Å². The minimum atomic E-state index is 0.504. The predicted molar refractivity (Wildman–Crippen MR) is 133 cm³/mol. The summed E-state index contributed by atoms with van der Waals surface area (Å²) in [5, 5.41) is 2.65. The van der Waals surface area contributed by atoms with Gasteiger partial charge in [-0.05, 0) is 68.1 Å². The highest BCUT2D eigenvalue weighted by atomic mass is 14.8. The molecule has 0 aromatic heterocycles. The van der Waals surface area contributed by atoms with Gasteiger partial charge in [-0.2, -0.15) is 0 Å². The standard InChI is InChI=1S/C29H28N2/c1-16(2)27-14-24-22-8-5-18(11-20(22)7-10-26(24)30-27)19-6-9-23-21(12-19)13-29-25(23)15-28(31-29)17(3)4/h5-12,16-17H,13-15H2,1-4H3. The Bertz CT molecular complexity index is 1350. The second kappa shape index (κ2) is 6.75. The highest BCUT2D eigenvalue weighted by Crippen LogP contribution is 2.43. The van der Waals surface area contributed by atoms with Gasteiger partial charge in [-0.1, -0.05) is 64.1 Å². The van der Waals surface area contributed by atoms with Crippen molar-refractivity contribution in [3.63, 3.8) is 0 Å². The number of benzene rings is 3. The summed E-state index contributed by atoms with van der Waals surface area (Å²) in [6, 6.07) is 18.3. The van der Waals surface area contributed by atoms with E-state index in [9.17, 15) is 0 Å². The van der Waals surface area contributed by atoms with Gasteiger partial charge in [-0.3, -0.25) is 9.98 Å². The Morgan fingerprint density at radius 1 is 0.710 bits per heavy atom. The van der Waals surface area contributed by atoms with Crippen LogP contribution in [0.3, 0.4) is 0 Å². The average molecular weight is 405 g/mol. The smallest absolute Gasteiger partial charge is 0.0671 e. The van der Waals surface area contributed by atoms with E-state index in [-0.39, 0.29) is 0 Å². The van der Waals surface area contributed by atoms with Crippen molar-refractivity contribution < 1.29 is 0 Å². The van der Waals surface area contributed by atoms with Gasteiger partial charge in [0, 0.05) is 36.4 Å². The molecule has 2 heterocycles. The van der Waals surface area contributed by atoms with Gasteiger partial charge in [0.05, 0.1) is 5.69 Å². The second-order valence-electron chi connectivity index (χ2n) is 9.84. The fraction of sp³-hybridized carbons (Fsp3) is 0.310. The van der Waals surface area contributed by atoms with Crippen molar-refractivity contribution in [1.82, 2.24) is 0 Å². The van der Waals surface area contributed by atoms with Crippen LogP contribution in [0.2, 0.25) is 0 Å². The molecule has 3 aromatic rings. The van der Waals surface area contributed by atoms with Gasteiger partial charge in [0.25, 0.3) is 0 Å². The summed E-state index contributed by atoms with van der Waals surface area (Å²) in [5.74, 6) is 1.04. The van der Waals surface area contributed by atoms with Gasteiger partial charge in [0.2, 0.25) is 0 Å². The van der Waals surface area contributed by atoms with Gasteiger partial charge in [-0.15, -0.1) is 0 Å². The molecular weight excluding hydrogens is 376 g/mol. The number of aliphatic imine (C=N–C) groups is 2. The third-order valence-electron chi connectivity index (χ3n) is 7.17. The summed E-state index contributed by atoms with van der Waals surface area (Å²) in [5.41, 5.74) is 13.4. The Balaban J connectivity index is 1.33. The highest BCUT2D eigenvalue weighted by molar-refractivity contribution is 6.04. The minimum absolute atomic E-state index is 0.504. The number of allylic oxidation sites excluding steroid dienone is 2. The summed E-state index contributed by atoms with van der Waals surface area (Å²) in [6.07, 6.45) is 2.99. The maximum absolute atomic E-state index is 4.94. The first-order valence-corrected chi connectivity index (χ1v) is 11.5. The van der Waals surface area contributed by atoms with E-state index in [0.717, 1.165) is 24.9 Å². The third kappa shape index (κ3) is 2.92. The van der Waals surface area contributed by atoms with E-state index < -0.39 is 0 Å². The zero-order chi connectivity index (χ0) is 21.3. The molecule has 2 nitrogen and oxygen atoms in total. The van der Waals surface area contributed by atoms with Crippen LogP contribution in [-0.4, -0.2) is 11.4 Å². The number of hydrogen-bond donors (Lipinski definition) is 0. The lowest BCUT2D eigenvalue weighted by atomic mass is 9.92. The zero-order valence-electron chi connectivity index (χ0n) is 18.8. The van der Waals surface area contributed by atoms with Crippen LogP contribution in [0.15, 0.2) is 64.2 Å². The highest BCUT2D eigenvalue weighted by Gasteiger charge is 2.28. The van der Waals surface area contributed by atoms with Crippen molar-refractivity contribution in [3.8, 4) is 11.1 Å². The molecule has 0 amide bonds. The van der Waals surface area contributed by atoms with Crippen LogP contribution >= 0.6 is 0 Å². The fourth-order valence-corrected chi connectivity index (χ4v) is 5.25. The maximum Gasteiger partial charge on any atom is 0.0671 e. The van der Waals surface area contributed by atoms with E-state index in [1.165, 1.54) is 61.3 Å². The van der Waals surface area contributed by atoms with Gasteiger partial charge in [0.15, 0.2) is 0 Å². The normalized spacial score (nSPS) is 16.8. The number of fused-ring (bicyclic) bond motifs is 5. The Morgan fingerprint density at radius 3 is 2.26 bits per heavy atom. The van der Waals surface area contributed by atoms with E-state index in [4.69, 9.17) is 9.98 Å². The summed E-state index contributed by atoms with van der Waals surface area (Å²) >= 11 is 0. The van der Waals surface area contributed by atoms with Gasteiger partial charge in [-0.25, -0.2) is 0 Å². The third-order valence-corrected chi connectivity index (χ3v) is 7.17. The molecule has 0 spiro atoms. The Hall–Kier alpha value is -3.00. The molecule has 0 bridgehead atoms. The van der Waals surface area contributed by atoms with Crippen molar-refractivity contribution >= 4 is 33.5 Å². The molecule has 3 aliphatic rings. The van der Waals surface area contributed by atoms with Crippen LogP contribution < -0.4 is 0 Å². The molecule has 2 aliphatic heterocycles. The first kappa shape index (κ1) is 18.7. The van der Waals surface area contributed by atoms with Gasteiger partial charge >= 0.3 is 0 Å². The SMILES string of the molecule is CC(C)C1=NC2=C(C1)c1ccc(-c3ccc4c5c(ccc4c3)N=C(C(C)C)C5)cc1C2. The number of hydrogen-bond acceptors (Lipinski definition) is 2. The van der Waals surface area contributed by atoms with Gasteiger partial charge in [0.1, 0.15) is 0 Å². The van der Waals surface area contributed by atoms with E-state index in [2.05, 4.69) is 76.2 Å². The molecule has 154 valence electrons. The quantitative estimate of drug-likeness (QED) is 0.430. The summed E-state index contributed by atoms with van der Waals surface area (Å²) in [7, 11) is 0. The van der Waals surface area contributed by atoms with Crippen molar-refractivity contribution in [2.75, 3.05) is 0 Å². The number of rotatable bonds is 3. The zero-order valence-corrected chi connectivity index (χ0v) is 18.8. The maximum atomic E-state index is 4.94. The van der Waals surface area contributed by atoms with Crippen molar-refractivity contribution in [2.45, 2.75) is 47.0 Å². The molecule has 0 saturated carbocycles. The second-order valence-corrected chi connectivity index (χ2v) is 9.84. The summed E-state index contributed by atoms with van der Waals surface area (Å²) in [4.78, 5) is 9.81. The molecule has 0 saturated heterocycles. The largest absolute Gasteiger partial charge is 0.261 e. The average Bonchev–Trinajstić information content (AvgIpc) is 3.45. The van der Waals surface area contributed by atoms with Gasteiger partial charge < -0.3 is 0 Å². The first-order chi connectivity index (χ1) is 15.0. The first-order valence-electron chi connectivity index (χ1n) is 11.5. The van der Waals surface area contributed by atoms with E-state index in [0.29, 0.717) is 11.8 Å².